The summed E-state index contributed by atoms with van der Waals surface area (Å²) < 4.78 is 0. The molecule has 11 rings (SSSR count). The van der Waals surface area contributed by atoms with Crippen molar-refractivity contribution in [3.63, 3.8) is 0 Å². The van der Waals surface area contributed by atoms with E-state index >= 15 is 0 Å². The number of fused-ring (bicyclic) bond motifs is 13. The standard InChI is InChI=1S/C55H42/c1-4-36-28-31-51-53(34(36)2)47-30-27-41(33-52(47)55(51)49-20-12-10-18-45(49)46-19-11-13-21-50(46)55)54(39-24-22-38(23-25-39)37-14-6-5-7-15-37)40-26-29-44-43-17-9-8-16-42(43)35(3)48(44)32-40/h5-33,35,54H,4H2,1-3H3. The maximum Gasteiger partial charge on any atom is 0.0725 e. The van der Waals surface area contributed by atoms with E-state index in [1.54, 1.807) is 0 Å². The lowest BCUT2D eigenvalue weighted by Crippen LogP contribution is -2.26. The van der Waals surface area contributed by atoms with Crippen molar-refractivity contribution in [3.8, 4) is 44.5 Å². The molecule has 0 radical (unpaired) electrons. The van der Waals surface area contributed by atoms with Crippen molar-refractivity contribution in [2.24, 2.45) is 0 Å². The molecule has 0 aliphatic heterocycles. The predicted octanol–water partition coefficient (Wildman–Crippen LogP) is 13.9. The van der Waals surface area contributed by atoms with Gasteiger partial charge in [-0.25, -0.2) is 0 Å². The van der Waals surface area contributed by atoms with Crippen molar-refractivity contribution in [1.82, 2.24) is 0 Å². The summed E-state index contributed by atoms with van der Waals surface area (Å²) >= 11 is 0. The second kappa shape index (κ2) is 12.1. The van der Waals surface area contributed by atoms with Gasteiger partial charge in [-0.2, -0.15) is 0 Å². The van der Waals surface area contributed by atoms with Gasteiger partial charge in [-0.1, -0.05) is 190 Å². The van der Waals surface area contributed by atoms with Crippen LogP contribution >= 0.6 is 0 Å². The average molecular weight is 703 g/mol. The highest BCUT2D eigenvalue weighted by atomic mass is 14.5. The highest BCUT2D eigenvalue weighted by molar-refractivity contribution is 5.96. The second-order valence-electron chi connectivity index (χ2n) is 15.8. The van der Waals surface area contributed by atoms with Gasteiger partial charge in [0.25, 0.3) is 0 Å². The Balaban J connectivity index is 1.16. The van der Waals surface area contributed by atoms with Gasteiger partial charge in [0.2, 0.25) is 0 Å². The van der Waals surface area contributed by atoms with Crippen LogP contribution in [0.3, 0.4) is 0 Å². The van der Waals surface area contributed by atoms with Gasteiger partial charge in [-0.15, -0.1) is 0 Å². The second-order valence-corrected chi connectivity index (χ2v) is 15.8. The Hall–Kier alpha value is -6.24. The first-order chi connectivity index (χ1) is 27.1. The number of benzene rings is 8. The fraction of sp³-hybridized carbons (Fsp3) is 0.127. The van der Waals surface area contributed by atoms with E-state index in [0.29, 0.717) is 5.92 Å². The summed E-state index contributed by atoms with van der Waals surface area (Å²) in [6.45, 7) is 7.01. The Morgan fingerprint density at radius 2 is 1.02 bits per heavy atom. The maximum absolute atomic E-state index is 2.60. The first kappa shape index (κ1) is 32.2. The van der Waals surface area contributed by atoms with E-state index in [1.807, 2.05) is 0 Å². The van der Waals surface area contributed by atoms with Crippen LogP contribution in [0.25, 0.3) is 44.5 Å². The summed E-state index contributed by atoms with van der Waals surface area (Å²) in [5.41, 5.74) is 25.6. The molecule has 0 bridgehead atoms. The number of aryl methyl sites for hydroxylation is 1. The van der Waals surface area contributed by atoms with Crippen molar-refractivity contribution in [1.29, 1.82) is 0 Å². The molecule has 0 fully saturated rings. The molecular formula is C55H42. The molecule has 0 saturated carbocycles. The lowest BCUT2D eigenvalue weighted by molar-refractivity contribution is 0.788. The molecule has 262 valence electrons. The van der Waals surface area contributed by atoms with Crippen LogP contribution in [0.2, 0.25) is 0 Å². The third-order valence-electron chi connectivity index (χ3n) is 13.3. The summed E-state index contributed by atoms with van der Waals surface area (Å²) in [6, 6.07) is 67.1. The molecule has 0 amide bonds. The smallest absolute Gasteiger partial charge is 0.0622 e. The molecule has 0 aromatic heterocycles. The summed E-state index contributed by atoms with van der Waals surface area (Å²) in [5.74, 6) is 0.406. The molecule has 8 aromatic carbocycles. The Morgan fingerprint density at radius 3 is 1.73 bits per heavy atom. The summed E-state index contributed by atoms with van der Waals surface area (Å²) in [6.07, 6.45) is 1.02. The molecule has 0 saturated heterocycles. The Kier molecular flexibility index (Phi) is 7.11. The van der Waals surface area contributed by atoms with Gasteiger partial charge in [0, 0.05) is 11.8 Å². The van der Waals surface area contributed by atoms with Crippen molar-refractivity contribution in [2.75, 3.05) is 0 Å². The number of hydrogen-bond acceptors (Lipinski definition) is 0. The molecule has 0 N–H and O–H groups in total. The average Bonchev–Trinajstić information content (AvgIpc) is 3.83. The highest BCUT2D eigenvalue weighted by Gasteiger charge is 2.52. The first-order valence-electron chi connectivity index (χ1n) is 19.9. The van der Waals surface area contributed by atoms with Gasteiger partial charge < -0.3 is 0 Å². The van der Waals surface area contributed by atoms with Crippen LogP contribution in [0.15, 0.2) is 176 Å². The van der Waals surface area contributed by atoms with Crippen LogP contribution < -0.4 is 0 Å². The zero-order chi connectivity index (χ0) is 36.8. The Labute approximate surface area is 324 Å². The zero-order valence-electron chi connectivity index (χ0n) is 31.6. The maximum atomic E-state index is 2.60. The SMILES string of the molecule is CCc1ccc2c(c1C)-c1ccc(C(c3ccc(-c4ccccc4)cc3)c3ccc4c(c3)C(C)c3ccccc3-4)cc1C21c2ccccc2-c2ccccc21. The van der Waals surface area contributed by atoms with Crippen LogP contribution in [0, 0.1) is 6.92 Å². The van der Waals surface area contributed by atoms with Crippen LogP contribution in [-0.4, -0.2) is 0 Å². The molecule has 0 heteroatoms. The highest BCUT2D eigenvalue weighted by Crippen LogP contribution is 2.64. The minimum atomic E-state index is -0.388. The van der Waals surface area contributed by atoms with Crippen molar-refractivity contribution in [2.45, 2.75) is 44.4 Å². The molecule has 2 unspecified atom stereocenters. The fourth-order valence-electron chi connectivity index (χ4n) is 10.8. The topological polar surface area (TPSA) is 0 Å². The quantitative estimate of drug-likeness (QED) is 0.157. The van der Waals surface area contributed by atoms with Crippen LogP contribution in [0.5, 0.6) is 0 Å². The van der Waals surface area contributed by atoms with E-state index in [0.717, 1.165) is 6.42 Å². The van der Waals surface area contributed by atoms with E-state index in [2.05, 4.69) is 197 Å². The number of hydrogen-bond donors (Lipinski definition) is 0. The van der Waals surface area contributed by atoms with Gasteiger partial charge in [0.1, 0.15) is 0 Å². The fourth-order valence-corrected chi connectivity index (χ4v) is 10.8. The van der Waals surface area contributed by atoms with E-state index in [9.17, 15) is 0 Å². The summed E-state index contributed by atoms with van der Waals surface area (Å²) in [7, 11) is 0. The van der Waals surface area contributed by atoms with E-state index in [1.165, 1.54) is 106 Å². The van der Waals surface area contributed by atoms with E-state index < -0.39 is 0 Å². The first-order valence-corrected chi connectivity index (χ1v) is 19.9. The van der Waals surface area contributed by atoms with Crippen molar-refractivity contribution >= 4 is 0 Å². The summed E-state index contributed by atoms with van der Waals surface area (Å²) in [5, 5.41) is 0. The molecule has 2 atom stereocenters. The zero-order valence-corrected chi connectivity index (χ0v) is 31.6. The van der Waals surface area contributed by atoms with Crippen molar-refractivity contribution in [3.05, 3.63) is 237 Å². The van der Waals surface area contributed by atoms with Gasteiger partial charge in [-0.05, 0) is 119 Å². The number of rotatable bonds is 5. The van der Waals surface area contributed by atoms with Crippen LogP contribution in [-0.2, 0) is 11.8 Å². The summed E-state index contributed by atoms with van der Waals surface area (Å²) in [4.78, 5) is 0. The molecule has 55 heavy (non-hydrogen) atoms. The van der Waals surface area contributed by atoms with Crippen LogP contribution in [0.4, 0.5) is 0 Å². The van der Waals surface area contributed by atoms with Gasteiger partial charge >= 0.3 is 0 Å². The van der Waals surface area contributed by atoms with E-state index in [-0.39, 0.29) is 11.3 Å². The Morgan fingerprint density at radius 1 is 0.455 bits per heavy atom. The lowest BCUT2D eigenvalue weighted by Gasteiger charge is -2.31. The largest absolute Gasteiger partial charge is 0.0725 e. The van der Waals surface area contributed by atoms with Crippen LogP contribution in [0.1, 0.15) is 86.9 Å². The predicted molar refractivity (Wildman–Crippen MR) is 229 cm³/mol. The monoisotopic (exact) mass is 702 g/mol. The Bertz CT molecular complexity index is 2770. The minimum Gasteiger partial charge on any atom is -0.0622 e. The molecule has 0 heterocycles. The third-order valence-corrected chi connectivity index (χ3v) is 13.3. The third kappa shape index (κ3) is 4.46. The normalized spacial score (nSPS) is 15.5. The lowest BCUT2D eigenvalue weighted by atomic mass is 9.69. The van der Waals surface area contributed by atoms with Gasteiger partial charge in [0.15, 0.2) is 0 Å². The van der Waals surface area contributed by atoms with E-state index in [4.69, 9.17) is 0 Å². The molecule has 8 aromatic rings. The molecule has 3 aliphatic rings. The molecule has 1 spiro atoms. The minimum absolute atomic E-state index is 0.0521. The van der Waals surface area contributed by atoms with Gasteiger partial charge in [0.05, 0.1) is 5.41 Å². The van der Waals surface area contributed by atoms with Crippen molar-refractivity contribution < 1.29 is 0 Å². The molecule has 0 nitrogen and oxygen atoms in total. The van der Waals surface area contributed by atoms with Gasteiger partial charge in [-0.3, -0.25) is 0 Å². The molecule has 3 aliphatic carbocycles. The molecular weight excluding hydrogens is 661 g/mol.